The van der Waals surface area contributed by atoms with Crippen LogP contribution in [-0.2, 0) is 0 Å². The molecule has 0 amide bonds. The largest absolute Gasteiger partial charge is 0.371 e. The van der Waals surface area contributed by atoms with Gasteiger partial charge in [0.25, 0.3) is 0 Å². The van der Waals surface area contributed by atoms with Gasteiger partial charge in [-0.3, -0.25) is 4.40 Å². The Morgan fingerprint density at radius 3 is 3.00 bits per heavy atom. The number of halogens is 1. The van der Waals surface area contributed by atoms with Crippen LogP contribution >= 0.6 is 11.6 Å². The Hall–Kier alpha value is -1.22. The zero-order valence-corrected chi connectivity index (χ0v) is 11.0. The highest BCUT2D eigenvalue weighted by atomic mass is 35.5. The number of rotatable bonds is 5. The van der Waals surface area contributed by atoms with E-state index in [2.05, 4.69) is 34.6 Å². The van der Waals surface area contributed by atoms with Crippen molar-refractivity contribution in [2.75, 3.05) is 17.7 Å². The summed E-state index contributed by atoms with van der Waals surface area (Å²) in [6.07, 6.45) is 4.78. The number of pyridine rings is 1. The Bertz CT molecular complexity index is 490. The molecule has 1 N–H and O–H groups in total. The van der Waals surface area contributed by atoms with E-state index in [9.17, 15) is 0 Å². The number of fused-ring (bicyclic) bond motifs is 1. The fourth-order valence-corrected chi connectivity index (χ4v) is 2.28. The Labute approximate surface area is 107 Å². The van der Waals surface area contributed by atoms with Crippen LogP contribution in [0.25, 0.3) is 5.65 Å². The second-order valence-electron chi connectivity index (χ2n) is 5.02. The summed E-state index contributed by atoms with van der Waals surface area (Å²) in [5.41, 5.74) is 1.16. The molecule has 0 saturated heterocycles. The minimum Gasteiger partial charge on any atom is -0.371 e. The molecule has 2 rings (SSSR count). The van der Waals surface area contributed by atoms with Crippen LogP contribution in [0.4, 0.5) is 5.82 Å². The number of aromatic nitrogens is 2. The number of hydrogen-bond donors (Lipinski definition) is 1. The lowest BCUT2D eigenvalue weighted by molar-refractivity contribution is 0.379. The van der Waals surface area contributed by atoms with E-state index in [4.69, 9.17) is 11.6 Å². The predicted molar refractivity (Wildman–Crippen MR) is 72.8 cm³/mol. The van der Waals surface area contributed by atoms with Gasteiger partial charge in [0.2, 0.25) is 0 Å². The first-order chi connectivity index (χ1) is 8.12. The first kappa shape index (κ1) is 12.2. The van der Waals surface area contributed by atoms with Gasteiger partial charge in [-0.05, 0) is 24.0 Å². The quantitative estimate of drug-likeness (QED) is 0.826. The highest BCUT2D eigenvalue weighted by molar-refractivity contribution is 6.17. The summed E-state index contributed by atoms with van der Waals surface area (Å²) >= 11 is 5.80. The van der Waals surface area contributed by atoms with Crippen molar-refractivity contribution in [3.8, 4) is 0 Å². The van der Waals surface area contributed by atoms with Crippen LogP contribution in [0.2, 0.25) is 0 Å². The lowest BCUT2D eigenvalue weighted by Crippen LogP contribution is -2.24. The van der Waals surface area contributed by atoms with E-state index in [1.807, 2.05) is 24.5 Å². The van der Waals surface area contributed by atoms with Gasteiger partial charge in [-0.15, -0.1) is 11.6 Å². The maximum Gasteiger partial charge on any atom is 0.138 e. The molecule has 0 aromatic carbocycles. The van der Waals surface area contributed by atoms with Gasteiger partial charge in [0.1, 0.15) is 11.5 Å². The average molecular weight is 252 g/mol. The third-order valence-corrected chi connectivity index (χ3v) is 3.14. The summed E-state index contributed by atoms with van der Waals surface area (Å²) in [6.45, 7) is 5.34. The fraction of sp³-hybridized carbons (Fsp3) is 0.462. The van der Waals surface area contributed by atoms with Crippen molar-refractivity contribution in [3.05, 3.63) is 30.6 Å². The van der Waals surface area contributed by atoms with Gasteiger partial charge >= 0.3 is 0 Å². The van der Waals surface area contributed by atoms with Gasteiger partial charge in [0.05, 0.1) is 0 Å². The van der Waals surface area contributed by atoms with Gasteiger partial charge in [-0.2, -0.15) is 0 Å². The standard InChI is InChI=1S/C13H18ClN3/c1-13(2,6-7-14)10-16-12-5-3-4-11-15-8-9-17(11)12/h3-5,8-9,16H,6-7,10H2,1-2H3. The molecular formula is C13H18ClN3. The van der Waals surface area contributed by atoms with Crippen molar-refractivity contribution in [1.82, 2.24) is 9.38 Å². The van der Waals surface area contributed by atoms with Crippen LogP contribution in [0, 0.1) is 5.41 Å². The molecule has 0 aliphatic rings. The SMILES string of the molecule is CC(C)(CCCl)CNc1cccc2nccn12. The van der Waals surface area contributed by atoms with Crippen LogP contribution in [0.15, 0.2) is 30.6 Å². The topological polar surface area (TPSA) is 29.3 Å². The number of nitrogens with one attached hydrogen (secondary N) is 1. The molecule has 0 bridgehead atoms. The van der Waals surface area contributed by atoms with Gasteiger partial charge < -0.3 is 5.32 Å². The Morgan fingerprint density at radius 1 is 1.41 bits per heavy atom. The summed E-state index contributed by atoms with van der Waals surface area (Å²) < 4.78 is 2.05. The number of anilines is 1. The van der Waals surface area contributed by atoms with Crippen molar-refractivity contribution in [2.24, 2.45) is 5.41 Å². The van der Waals surface area contributed by atoms with E-state index in [-0.39, 0.29) is 5.41 Å². The van der Waals surface area contributed by atoms with E-state index in [0.717, 1.165) is 24.4 Å². The van der Waals surface area contributed by atoms with Gasteiger partial charge in [0, 0.05) is 24.8 Å². The van der Waals surface area contributed by atoms with Crippen molar-refractivity contribution in [1.29, 1.82) is 0 Å². The van der Waals surface area contributed by atoms with Crippen molar-refractivity contribution < 1.29 is 0 Å². The molecule has 0 unspecified atom stereocenters. The molecule has 0 radical (unpaired) electrons. The average Bonchev–Trinajstić information content (AvgIpc) is 2.74. The third-order valence-electron chi connectivity index (χ3n) is 2.95. The monoisotopic (exact) mass is 251 g/mol. The summed E-state index contributed by atoms with van der Waals surface area (Å²) in [5, 5.41) is 3.46. The molecule has 4 heteroatoms. The van der Waals surface area contributed by atoms with E-state index < -0.39 is 0 Å². The molecule has 0 fully saturated rings. The first-order valence-electron chi connectivity index (χ1n) is 5.84. The highest BCUT2D eigenvalue weighted by Crippen LogP contribution is 2.22. The Morgan fingerprint density at radius 2 is 2.24 bits per heavy atom. The van der Waals surface area contributed by atoms with Crippen LogP contribution < -0.4 is 5.32 Å². The second kappa shape index (κ2) is 4.96. The molecular weight excluding hydrogens is 234 g/mol. The molecule has 0 saturated carbocycles. The summed E-state index contributed by atoms with van der Waals surface area (Å²) in [5.74, 6) is 1.77. The Balaban J connectivity index is 2.11. The summed E-state index contributed by atoms with van der Waals surface area (Å²) in [7, 11) is 0. The minimum atomic E-state index is 0.199. The molecule has 0 aliphatic heterocycles. The third kappa shape index (κ3) is 2.91. The number of hydrogen-bond acceptors (Lipinski definition) is 2. The zero-order valence-electron chi connectivity index (χ0n) is 10.3. The van der Waals surface area contributed by atoms with Gasteiger partial charge in [-0.25, -0.2) is 4.98 Å². The van der Waals surface area contributed by atoms with Gasteiger partial charge in [0.15, 0.2) is 0 Å². The maximum atomic E-state index is 5.80. The number of imidazole rings is 1. The molecule has 0 aliphatic carbocycles. The van der Waals surface area contributed by atoms with Crippen molar-refractivity contribution in [3.63, 3.8) is 0 Å². The highest BCUT2D eigenvalue weighted by Gasteiger charge is 2.16. The minimum absolute atomic E-state index is 0.199. The second-order valence-corrected chi connectivity index (χ2v) is 5.40. The smallest absolute Gasteiger partial charge is 0.138 e. The molecule has 92 valence electrons. The lowest BCUT2D eigenvalue weighted by Gasteiger charge is -2.24. The predicted octanol–water partition coefficient (Wildman–Crippen LogP) is 3.40. The van der Waals surface area contributed by atoms with E-state index in [0.29, 0.717) is 5.88 Å². The molecule has 3 nitrogen and oxygen atoms in total. The first-order valence-corrected chi connectivity index (χ1v) is 6.38. The molecule has 0 atom stereocenters. The van der Waals surface area contributed by atoms with Crippen LogP contribution in [-0.4, -0.2) is 21.8 Å². The zero-order chi connectivity index (χ0) is 12.3. The molecule has 2 heterocycles. The molecule has 2 aromatic rings. The van der Waals surface area contributed by atoms with Crippen molar-refractivity contribution >= 4 is 23.1 Å². The van der Waals surface area contributed by atoms with E-state index >= 15 is 0 Å². The van der Waals surface area contributed by atoms with Crippen LogP contribution in [0.3, 0.4) is 0 Å². The number of nitrogens with zero attached hydrogens (tertiary/aromatic N) is 2. The number of alkyl halides is 1. The fourth-order valence-electron chi connectivity index (χ4n) is 1.77. The lowest BCUT2D eigenvalue weighted by atomic mass is 9.90. The van der Waals surface area contributed by atoms with E-state index in [1.54, 1.807) is 0 Å². The molecule has 2 aromatic heterocycles. The molecule has 17 heavy (non-hydrogen) atoms. The van der Waals surface area contributed by atoms with Crippen LogP contribution in [0.1, 0.15) is 20.3 Å². The van der Waals surface area contributed by atoms with Gasteiger partial charge in [-0.1, -0.05) is 19.9 Å². The van der Waals surface area contributed by atoms with Crippen LogP contribution in [0.5, 0.6) is 0 Å². The molecule has 0 spiro atoms. The normalized spacial score (nSPS) is 11.9. The summed E-state index contributed by atoms with van der Waals surface area (Å²) in [6, 6.07) is 6.07. The Kier molecular flexibility index (Phi) is 3.57. The summed E-state index contributed by atoms with van der Waals surface area (Å²) in [4.78, 5) is 4.26. The maximum absolute atomic E-state index is 5.80. The van der Waals surface area contributed by atoms with E-state index in [1.165, 1.54) is 0 Å². The van der Waals surface area contributed by atoms with Crippen molar-refractivity contribution in [2.45, 2.75) is 20.3 Å².